The predicted octanol–water partition coefficient (Wildman–Crippen LogP) is -1.29. The molecule has 1 aromatic heterocycles. The van der Waals surface area contributed by atoms with Gasteiger partial charge in [-0.25, -0.2) is 4.79 Å². The Kier molecular flexibility index (Phi) is 3.14. The van der Waals surface area contributed by atoms with E-state index in [0.29, 0.717) is 0 Å². The lowest BCUT2D eigenvalue weighted by molar-refractivity contribution is -0.0533. The van der Waals surface area contributed by atoms with Crippen molar-refractivity contribution in [1.82, 2.24) is 9.55 Å². The first-order valence-electron chi connectivity index (χ1n) is 5.33. The zero-order valence-electron chi connectivity index (χ0n) is 9.35. The number of rotatable bonds is 2. The largest absolute Gasteiger partial charge is 0.394 e. The highest BCUT2D eigenvalue weighted by atomic mass is 16.5. The van der Waals surface area contributed by atoms with Crippen LogP contribution in [0, 0.1) is 5.92 Å². The highest BCUT2D eigenvalue weighted by molar-refractivity contribution is 5.23. The Morgan fingerprint density at radius 1 is 1.65 bits per heavy atom. The van der Waals surface area contributed by atoms with E-state index in [4.69, 9.17) is 15.6 Å². The van der Waals surface area contributed by atoms with E-state index in [1.807, 2.05) is 0 Å². The molecule has 4 N–H and O–H groups in total. The van der Waals surface area contributed by atoms with Crippen molar-refractivity contribution in [1.29, 1.82) is 0 Å². The number of nitrogen functional groups attached to an aromatic ring is 1. The second-order valence-electron chi connectivity index (χ2n) is 4.14. The van der Waals surface area contributed by atoms with Crippen LogP contribution >= 0.6 is 0 Å². The fourth-order valence-electron chi connectivity index (χ4n) is 1.92. The molecular formula is C10H15N3O4. The standard InChI is InChI=1S/C10H15N3O4/c1-5-6(4-14)17-9(8(5)15)13-3-2-7(11)12-10(13)16/h2-3,5-6,8-9,14-15H,4H2,1H3,(H2,11,12,16)/t5?,6-,8?,9-/m1/s1. The molecule has 0 aromatic carbocycles. The van der Waals surface area contributed by atoms with Crippen molar-refractivity contribution in [2.75, 3.05) is 12.3 Å². The zero-order valence-corrected chi connectivity index (χ0v) is 9.35. The molecule has 0 saturated carbocycles. The maximum atomic E-state index is 11.6. The average Bonchev–Trinajstić information content (AvgIpc) is 2.57. The van der Waals surface area contributed by atoms with Crippen molar-refractivity contribution in [3.63, 3.8) is 0 Å². The number of nitrogens with two attached hydrogens (primary N) is 1. The molecule has 4 atom stereocenters. The highest BCUT2D eigenvalue weighted by Gasteiger charge is 2.41. The van der Waals surface area contributed by atoms with Crippen LogP contribution in [-0.2, 0) is 4.74 Å². The number of hydrogen-bond donors (Lipinski definition) is 3. The SMILES string of the molecule is CC1C(O)[C@H](n2ccc(N)nc2=O)O[C@@H]1CO. The van der Waals surface area contributed by atoms with E-state index in [1.165, 1.54) is 16.8 Å². The van der Waals surface area contributed by atoms with Crippen LogP contribution in [0.4, 0.5) is 5.82 Å². The first kappa shape index (κ1) is 12.0. The van der Waals surface area contributed by atoms with Gasteiger partial charge in [-0.2, -0.15) is 4.98 Å². The Bertz CT molecular complexity index is 461. The van der Waals surface area contributed by atoms with Gasteiger partial charge in [0.2, 0.25) is 0 Å². The fourth-order valence-corrected chi connectivity index (χ4v) is 1.92. The number of aliphatic hydroxyl groups excluding tert-OH is 2. The Balaban J connectivity index is 2.32. The minimum atomic E-state index is -0.865. The van der Waals surface area contributed by atoms with E-state index in [-0.39, 0.29) is 18.3 Å². The normalized spacial score (nSPS) is 32.9. The molecule has 2 unspecified atom stereocenters. The molecule has 0 radical (unpaired) electrons. The van der Waals surface area contributed by atoms with Gasteiger partial charge in [0.05, 0.1) is 12.7 Å². The second-order valence-corrected chi connectivity index (χ2v) is 4.14. The van der Waals surface area contributed by atoms with Crippen LogP contribution in [0.25, 0.3) is 0 Å². The molecule has 0 amide bonds. The molecule has 17 heavy (non-hydrogen) atoms. The summed E-state index contributed by atoms with van der Waals surface area (Å²) < 4.78 is 6.60. The lowest BCUT2D eigenvalue weighted by Crippen LogP contribution is -2.33. The van der Waals surface area contributed by atoms with Crippen LogP contribution in [0.2, 0.25) is 0 Å². The minimum Gasteiger partial charge on any atom is -0.394 e. The average molecular weight is 241 g/mol. The Morgan fingerprint density at radius 3 is 2.88 bits per heavy atom. The zero-order chi connectivity index (χ0) is 12.6. The smallest absolute Gasteiger partial charge is 0.351 e. The van der Waals surface area contributed by atoms with Gasteiger partial charge in [-0.05, 0) is 6.07 Å². The van der Waals surface area contributed by atoms with E-state index in [9.17, 15) is 9.90 Å². The third kappa shape index (κ3) is 2.04. The van der Waals surface area contributed by atoms with Gasteiger partial charge < -0.3 is 20.7 Å². The molecule has 7 heteroatoms. The van der Waals surface area contributed by atoms with Crippen LogP contribution in [0.15, 0.2) is 17.1 Å². The van der Waals surface area contributed by atoms with Crippen molar-refractivity contribution in [2.45, 2.75) is 25.4 Å². The lowest BCUT2D eigenvalue weighted by Gasteiger charge is -2.17. The van der Waals surface area contributed by atoms with E-state index in [0.717, 1.165) is 0 Å². The van der Waals surface area contributed by atoms with E-state index >= 15 is 0 Å². The van der Waals surface area contributed by atoms with Gasteiger partial charge in [0.15, 0.2) is 6.23 Å². The molecule has 1 saturated heterocycles. The van der Waals surface area contributed by atoms with Crippen molar-refractivity contribution in [3.05, 3.63) is 22.7 Å². The first-order chi connectivity index (χ1) is 8.04. The minimum absolute atomic E-state index is 0.116. The number of ether oxygens (including phenoxy) is 1. The van der Waals surface area contributed by atoms with Crippen LogP contribution in [-0.4, -0.2) is 38.6 Å². The summed E-state index contributed by atoms with van der Waals surface area (Å²) >= 11 is 0. The van der Waals surface area contributed by atoms with E-state index in [2.05, 4.69) is 4.98 Å². The third-order valence-corrected chi connectivity index (χ3v) is 3.04. The van der Waals surface area contributed by atoms with Crippen LogP contribution in [0.1, 0.15) is 13.2 Å². The van der Waals surface area contributed by atoms with Gasteiger partial charge in [-0.15, -0.1) is 0 Å². The summed E-state index contributed by atoms with van der Waals surface area (Å²) in [4.78, 5) is 15.2. The van der Waals surface area contributed by atoms with Gasteiger partial charge in [-0.3, -0.25) is 4.57 Å². The molecule has 0 aliphatic carbocycles. The Morgan fingerprint density at radius 2 is 2.35 bits per heavy atom. The molecule has 0 spiro atoms. The molecule has 1 fully saturated rings. The number of hydrogen-bond acceptors (Lipinski definition) is 6. The summed E-state index contributed by atoms with van der Waals surface area (Å²) in [6.45, 7) is 1.55. The predicted molar refractivity (Wildman–Crippen MR) is 59.1 cm³/mol. The molecular weight excluding hydrogens is 226 g/mol. The summed E-state index contributed by atoms with van der Waals surface area (Å²) in [7, 11) is 0. The van der Waals surface area contributed by atoms with Crippen molar-refractivity contribution < 1.29 is 14.9 Å². The number of nitrogens with zero attached hydrogens (tertiary/aromatic N) is 2. The maximum absolute atomic E-state index is 11.6. The molecule has 0 bridgehead atoms. The van der Waals surface area contributed by atoms with Gasteiger partial charge >= 0.3 is 5.69 Å². The van der Waals surface area contributed by atoms with Crippen LogP contribution in [0.5, 0.6) is 0 Å². The van der Waals surface area contributed by atoms with Gasteiger partial charge in [-0.1, -0.05) is 6.92 Å². The summed E-state index contributed by atoms with van der Waals surface area (Å²) in [5, 5.41) is 19.0. The quantitative estimate of drug-likeness (QED) is 0.594. The first-order valence-corrected chi connectivity index (χ1v) is 5.33. The number of aromatic nitrogens is 2. The van der Waals surface area contributed by atoms with Gasteiger partial charge in [0, 0.05) is 12.1 Å². The molecule has 1 aromatic rings. The topological polar surface area (TPSA) is 111 Å². The monoisotopic (exact) mass is 241 g/mol. The lowest BCUT2D eigenvalue weighted by atomic mass is 10.0. The molecule has 2 heterocycles. The van der Waals surface area contributed by atoms with Crippen LogP contribution in [0.3, 0.4) is 0 Å². The number of aliphatic hydroxyl groups is 2. The molecule has 1 aliphatic heterocycles. The molecule has 7 nitrogen and oxygen atoms in total. The maximum Gasteiger partial charge on any atom is 0.351 e. The third-order valence-electron chi connectivity index (χ3n) is 3.04. The molecule has 2 rings (SSSR count). The van der Waals surface area contributed by atoms with E-state index < -0.39 is 24.1 Å². The fraction of sp³-hybridized carbons (Fsp3) is 0.600. The summed E-state index contributed by atoms with van der Waals surface area (Å²) in [5.41, 5.74) is 4.79. The van der Waals surface area contributed by atoms with E-state index in [1.54, 1.807) is 6.92 Å². The van der Waals surface area contributed by atoms with Crippen molar-refractivity contribution in [3.8, 4) is 0 Å². The summed E-state index contributed by atoms with van der Waals surface area (Å²) in [6, 6.07) is 1.45. The Labute approximate surface area is 97.5 Å². The van der Waals surface area contributed by atoms with Crippen molar-refractivity contribution in [2.24, 2.45) is 5.92 Å². The summed E-state index contributed by atoms with van der Waals surface area (Å²) in [5.74, 6) is -0.139. The van der Waals surface area contributed by atoms with Crippen LogP contribution < -0.4 is 11.4 Å². The summed E-state index contributed by atoms with van der Waals surface area (Å²) in [6.07, 6.45) is -0.761. The number of anilines is 1. The van der Waals surface area contributed by atoms with Gasteiger partial charge in [0.1, 0.15) is 11.9 Å². The molecule has 94 valence electrons. The van der Waals surface area contributed by atoms with Gasteiger partial charge in [0.25, 0.3) is 0 Å². The molecule has 1 aliphatic rings. The Hall–Kier alpha value is -1.44. The highest BCUT2D eigenvalue weighted by Crippen LogP contribution is 2.32. The second kappa shape index (κ2) is 4.44. The van der Waals surface area contributed by atoms with Crippen molar-refractivity contribution >= 4 is 5.82 Å².